The summed E-state index contributed by atoms with van der Waals surface area (Å²) in [6, 6.07) is 14.5. The Kier molecular flexibility index (Phi) is 6.26. The molecule has 3 nitrogen and oxygen atoms in total. The first-order valence-electron chi connectivity index (χ1n) is 9.43. The van der Waals surface area contributed by atoms with E-state index in [1.165, 1.54) is 11.6 Å². The summed E-state index contributed by atoms with van der Waals surface area (Å²) >= 11 is 0. The fourth-order valence-corrected chi connectivity index (χ4v) is 3.52. The van der Waals surface area contributed by atoms with E-state index in [0.717, 1.165) is 31.4 Å². The highest BCUT2D eigenvalue weighted by Gasteiger charge is 2.24. The van der Waals surface area contributed by atoms with Gasteiger partial charge in [0.25, 0.3) is 5.91 Å². The quantitative estimate of drug-likeness (QED) is 0.751. The summed E-state index contributed by atoms with van der Waals surface area (Å²) < 4.78 is 19.3. The van der Waals surface area contributed by atoms with E-state index in [-0.39, 0.29) is 11.5 Å². The number of ether oxygens (including phenoxy) is 1. The van der Waals surface area contributed by atoms with E-state index in [4.69, 9.17) is 4.74 Å². The number of halogens is 1. The minimum Gasteiger partial charge on any atom is -0.494 e. The van der Waals surface area contributed by atoms with Gasteiger partial charge in [0.2, 0.25) is 0 Å². The maximum Gasteiger partial charge on any atom is 0.256 e. The fourth-order valence-electron chi connectivity index (χ4n) is 3.52. The third kappa shape index (κ3) is 4.63. The van der Waals surface area contributed by atoms with Gasteiger partial charge in [-0.25, -0.2) is 4.39 Å². The Hall–Kier alpha value is -2.36. The van der Waals surface area contributed by atoms with Crippen molar-refractivity contribution < 1.29 is 13.9 Å². The van der Waals surface area contributed by atoms with Crippen LogP contribution in [0, 0.1) is 11.7 Å². The number of amides is 1. The van der Waals surface area contributed by atoms with Crippen LogP contribution < -0.4 is 4.74 Å². The second-order valence-corrected chi connectivity index (χ2v) is 6.83. The molecule has 0 aromatic heterocycles. The Bertz CT molecular complexity index is 721. The Morgan fingerprint density at radius 3 is 2.46 bits per heavy atom. The van der Waals surface area contributed by atoms with Gasteiger partial charge in [-0.05, 0) is 68.4 Å². The zero-order chi connectivity index (χ0) is 18.4. The number of piperidine rings is 1. The number of likely N-dealkylation sites (tertiary alicyclic amines) is 1. The fraction of sp³-hybridized carbons (Fsp3) is 0.409. The number of hydrogen-bond donors (Lipinski definition) is 0. The van der Waals surface area contributed by atoms with Gasteiger partial charge in [-0.1, -0.05) is 24.3 Å². The highest BCUT2D eigenvalue weighted by molar-refractivity contribution is 5.94. The molecule has 0 radical (unpaired) electrons. The first-order valence-corrected chi connectivity index (χ1v) is 9.43. The van der Waals surface area contributed by atoms with Crippen LogP contribution in [0.4, 0.5) is 4.39 Å². The van der Waals surface area contributed by atoms with Crippen molar-refractivity contribution >= 4 is 5.91 Å². The lowest BCUT2D eigenvalue weighted by Gasteiger charge is -2.32. The minimum atomic E-state index is -0.435. The van der Waals surface area contributed by atoms with Crippen molar-refractivity contribution in [3.63, 3.8) is 0 Å². The Morgan fingerprint density at radius 2 is 1.81 bits per heavy atom. The third-order valence-electron chi connectivity index (χ3n) is 5.08. The van der Waals surface area contributed by atoms with Crippen molar-refractivity contribution in [2.75, 3.05) is 19.7 Å². The van der Waals surface area contributed by atoms with E-state index in [9.17, 15) is 9.18 Å². The highest BCUT2D eigenvalue weighted by Crippen LogP contribution is 2.24. The summed E-state index contributed by atoms with van der Waals surface area (Å²) in [5.74, 6) is 0.908. The van der Waals surface area contributed by atoms with Crippen LogP contribution in [0.15, 0.2) is 48.5 Å². The van der Waals surface area contributed by atoms with Crippen LogP contribution in [0.3, 0.4) is 0 Å². The van der Waals surface area contributed by atoms with Gasteiger partial charge >= 0.3 is 0 Å². The molecule has 1 aliphatic rings. The first-order chi connectivity index (χ1) is 12.7. The summed E-state index contributed by atoms with van der Waals surface area (Å²) in [7, 11) is 0. The van der Waals surface area contributed by atoms with Crippen LogP contribution in [0.25, 0.3) is 0 Å². The zero-order valence-electron chi connectivity index (χ0n) is 15.3. The number of benzene rings is 2. The van der Waals surface area contributed by atoms with Crippen molar-refractivity contribution in [1.82, 2.24) is 4.90 Å². The van der Waals surface area contributed by atoms with Gasteiger partial charge in [0.1, 0.15) is 11.6 Å². The molecule has 0 aliphatic carbocycles. The van der Waals surface area contributed by atoms with E-state index in [0.29, 0.717) is 25.6 Å². The molecule has 1 aliphatic heterocycles. The van der Waals surface area contributed by atoms with Gasteiger partial charge in [-0.2, -0.15) is 0 Å². The van der Waals surface area contributed by atoms with Crippen molar-refractivity contribution in [3.8, 4) is 5.75 Å². The molecule has 0 N–H and O–H groups in total. The van der Waals surface area contributed by atoms with Crippen molar-refractivity contribution in [3.05, 3.63) is 65.5 Å². The SMILES string of the molecule is CCOc1ccc(CCC2CCN(C(=O)c3ccccc3F)CC2)cc1. The standard InChI is InChI=1S/C22H26FNO2/c1-2-26-19-11-9-17(10-12-19)7-8-18-13-15-24(16-14-18)22(25)20-5-3-4-6-21(20)23/h3-6,9-12,18H,2,7-8,13-16H2,1H3. The molecule has 0 bridgehead atoms. The molecule has 3 rings (SSSR count). The molecule has 138 valence electrons. The van der Waals surface area contributed by atoms with Crippen LogP contribution in [0.5, 0.6) is 5.75 Å². The van der Waals surface area contributed by atoms with Crippen LogP contribution in [0.1, 0.15) is 42.1 Å². The number of nitrogens with zero attached hydrogens (tertiary/aromatic N) is 1. The van der Waals surface area contributed by atoms with E-state index in [2.05, 4.69) is 12.1 Å². The molecule has 1 saturated heterocycles. The van der Waals surface area contributed by atoms with E-state index in [1.807, 2.05) is 19.1 Å². The number of carbonyl (C=O) groups is 1. The molecule has 0 unspecified atom stereocenters. The third-order valence-corrected chi connectivity index (χ3v) is 5.08. The van der Waals surface area contributed by atoms with Crippen LogP contribution in [-0.4, -0.2) is 30.5 Å². The summed E-state index contributed by atoms with van der Waals surface area (Å²) in [5.41, 5.74) is 1.50. The number of hydrogen-bond acceptors (Lipinski definition) is 2. The van der Waals surface area contributed by atoms with Gasteiger partial charge in [0.15, 0.2) is 0 Å². The second kappa shape index (κ2) is 8.84. The topological polar surface area (TPSA) is 29.5 Å². The normalized spacial score (nSPS) is 15.1. The molecule has 26 heavy (non-hydrogen) atoms. The molecule has 0 spiro atoms. The van der Waals surface area contributed by atoms with Gasteiger partial charge in [-0.15, -0.1) is 0 Å². The van der Waals surface area contributed by atoms with Crippen LogP contribution in [-0.2, 0) is 6.42 Å². The zero-order valence-corrected chi connectivity index (χ0v) is 15.3. The summed E-state index contributed by atoms with van der Waals surface area (Å²) in [6.45, 7) is 4.09. The molecule has 1 heterocycles. The Labute approximate surface area is 154 Å². The van der Waals surface area contributed by atoms with Crippen LogP contribution >= 0.6 is 0 Å². The molecule has 1 fully saturated rings. The molecular formula is C22H26FNO2. The molecule has 1 amide bonds. The number of rotatable bonds is 6. The van der Waals surface area contributed by atoms with Gasteiger partial charge in [-0.3, -0.25) is 4.79 Å². The second-order valence-electron chi connectivity index (χ2n) is 6.83. The Morgan fingerprint density at radius 1 is 1.12 bits per heavy atom. The maximum atomic E-state index is 13.8. The minimum absolute atomic E-state index is 0.181. The van der Waals surface area contributed by atoms with Gasteiger partial charge < -0.3 is 9.64 Å². The van der Waals surface area contributed by atoms with Gasteiger partial charge in [0.05, 0.1) is 12.2 Å². The average Bonchev–Trinajstić information content (AvgIpc) is 2.68. The van der Waals surface area contributed by atoms with E-state index < -0.39 is 5.82 Å². The van der Waals surface area contributed by atoms with Crippen molar-refractivity contribution in [1.29, 1.82) is 0 Å². The van der Waals surface area contributed by atoms with E-state index in [1.54, 1.807) is 23.1 Å². The monoisotopic (exact) mass is 355 g/mol. The Balaban J connectivity index is 1.46. The summed E-state index contributed by atoms with van der Waals surface area (Å²) in [4.78, 5) is 14.2. The molecule has 0 saturated carbocycles. The molecule has 4 heteroatoms. The molecule has 2 aromatic rings. The molecular weight excluding hydrogens is 329 g/mol. The number of aryl methyl sites for hydroxylation is 1. The van der Waals surface area contributed by atoms with Crippen LogP contribution in [0.2, 0.25) is 0 Å². The number of carbonyl (C=O) groups excluding carboxylic acids is 1. The largest absolute Gasteiger partial charge is 0.494 e. The maximum absolute atomic E-state index is 13.8. The summed E-state index contributed by atoms with van der Waals surface area (Å²) in [5, 5.41) is 0. The average molecular weight is 355 g/mol. The van der Waals surface area contributed by atoms with Crippen molar-refractivity contribution in [2.45, 2.75) is 32.6 Å². The summed E-state index contributed by atoms with van der Waals surface area (Å²) in [6.07, 6.45) is 4.13. The predicted octanol–water partition coefficient (Wildman–Crippen LogP) is 4.71. The van der Waals surface area contributed by atoms with Gasteiger partial charge in [0, 0.05) is 13.1 Å². The predicted molar refractivity (Wildman–Crippen MR) is 101 cm³/mol. The molecule has 0 atom stereocenters. The molecule has 2 aromatic carbocycles. The lowest BCUT2D eigenvalue weighted by atomic mass is 9.90. The van der Waals surface area contributed by atoms with Crippen molar-refractivity contribution in [2.24, 2.45) is 5.92 Å². The lowest BCUT2D eigenvalue weighted by molar-refractivity contribution is 0.0682. The van der Waals surface area contributed by atoms with E-state index >= 15 is 0 Å². The first kappa shape index (κ1) is 18.4. The highest BCUT2D eigenvalue weighted by atomic mass is 19.1. The smallest absolute Gasteiger partial charge is 0.256 e. The lowest BCUT2D eigenvalue weighted by Crippen LogP contribution is -2.38.